The van der Waals surface area contributed by atoms with Crippen molar-refractivity contribution >= 4 is 18.4 Å². The van der Waals surface area contributed by atoms with Crippen molar-refractivity contribution in [2.45, 2.75) is 32.7 Å². The molecule has 0 radical (unpaired) electrons. The zero-order chi connectivity index (χ0) is 25.2. The van der Waals surface area contributed by atoms with E-state index in [0.29, 0.717) is 35.4 Å². The Morgan fingerprint density at radius 3 is 2.19 bits per heavy atom. The Morgan fingerprint density at radius 2 is 1.58 bits per heavy atom. The van der Waals surface area contributed by atoms with Crippen LogP contribution in [0.2, 0.25) is 0 Å². The van der Waals surface area contributed by atoms with Gasteiger partial charge in [-0.2, -0.15) is 0 Å². The lowest BCUT2D eigenvalue weighted by Gasteiger charge is -2.16. The number of anilines is 1. The Bertz CT molecular complexity index is 1260. The Morgan fingerprint density at radius 1 is 0.972 bits per heavy atom. The summed E-state index contributed by atoms with van der Waals surface area (Å²) in [6.45, 7) is 4.57. The van der Waals surface area contributed by atoms with E-state index in [1.165, 1.54) is 22.3 Å². The molecule has 36 heavy (non-hydrogen) atoms. The zero-order valence-corrected chi connectivity index (χ0v) is 21.6. The van der Waals surface area contributed by atoms with E-state index in [-0.39, 0.29) is 23.8 Å². The minimum absolute atomic E-state index is 0. The summed E-state index contributed by atoms with van der Waals surface area (Å²) in [5.41, 5.74) is 8.57. The lowest BCUT2D eigenvalue weighted by atomic mass is 10.0. The number of halogens is 2. The molecule has 0 saturated carbocycles. The average Bonchev–Trinajstić information content (AvgIpc) is 2.86. The van der Waals surface area contributed by atoms with Gasteiger partial charge in [-0.05, 0) is 54.3 Å². The second-order valence-electron chi connectivity index (χ2n) is 8.53. The summed E-state index contributed by atoms with van der Waals surface area (Å²) in [6.07, 6.45) is 5.17. The Kier molecular flexibility index (Phi) is 11.2. The van der Waals surface area contributed by atoms with E-state index in [1.807, 2.05) is 44.2 Å². The summed E-state index contributed by atoms with van der Waals surface area (Å²) in [6, 6.07) is 20.1. The van der Waals surface area contributed by atoms with Gasteiger partial charge in [0.2, 0.25) is 5.95 Å². The normalized spacial score (nSPS) is 10.3. The highest BCUT2D eigenvalue weighted by Crippen LogP contribution is 2.28. The number of benzene rings is 2. The molecule has 2 heterocycles. The molecule has 0 amide bonds. The van der Waals surface area contributed by atoms with Crippen molar-refractivity contribution in [3.05, 3.63) is 101 Å². The maximum absolute atomic E-state index is 13.4. The van der Waals surface area contributed by atoms with Crippen molar-refractivity contribution in [3.63, 3.8) is 0 Å². The van der Waals surface area contributed by atoms with E-state index in [0.717, 1.165) is 18.4 Å². The molecule has 0 bridgehead atoms. The maximum Gasteiger partial charge on any atom is 0.263 e. The van der Waals surface area contributed by atoms with E-state index in [1.54, 1.807) is 31.6 Å². The lowest BCUT2D eigenvalue weighted by molar-refractivity contribution is 0.628. The largest absolute Gasteiger partial charge is 0.356 e. The highest BCUT2D eigenvalue weighted by molar-refractivity contribution is 5.85. The topological polar surface area (TPSA) is 85.8 Å². The van der Waals surface area contributed by atoms with Crippen LogP contribution in [0.1, 0.15) is 25.8 Å². The molecule has 8 heteroatoms. The average molecular weight is 510 g/mol. The molecule has 2 aromatic carbocycles. The minimum atomic E-state index is -0.351. The summed E-state index contributed by atoms with van der Waals surface area (Å²) in [7, 11) is 1.69. The number of pyridine rings is 1. The predicted molar refractivity (Wildman–Crippen MR) is 148 cm³/mol. The molecule has 0 spiro atoms. The first kappa shape index (κ1) is 28.7. The molecule has 0 aliphatic heterocycles. The van der Waals surface area contributed by atoms with Crippen molar-refractivity contribution in [1.29, 1.82) is 0 Å². The number of aryl methyl sites for hydroxylation is 1. The maximum atomic E-state index is 13.4. The van der Waals surface area contributed by atoms with Gasteiger partial charge >= 0.3 is 0 Å². The first-order valence-corrected chi connectivity index (χ1v) is 11.7. The predicted octanol–water partition coefficient (Wildman–Crippen LogP) is 5.47. The molecule has 0 unspecified atom stereocenters. The van der Waals surface area contributed by atoms with Gasteiger partial charge in [-0.25, -0.2) is 9.37 Å². The number of nitrogens with one attached hydrogen (secondary N) is 1. The van der Waals surface area contributed by atoms with Crippen LogP contribution < -0.4 is 16.6 Å². The van der Waals surface area contributed by atoms with Crippen LogP contribution in [-0.2, 0) is 13.5 Å². The van der Waals surface area contributed by atoms with Gasteiger partial charge < -0.3 is 11.1 Å². The van der Waals surface area contributed by atoms with Crippen LogP contribution in [-0.4, -0.2) is 27.1 Å². The van der Waals surface area contributed by atoms with Crippen molar-refractivity contribution in [2.75, 3.05) is 11.9 Å². The van der Waals surface area contributed by atoms with E-state index >= 15 is 0 Å². The molecule has 0 aliphatic rings. The van der Waals surface area contributed by atoms with Gasteiger partial charge in [0.1, 0.15) is 5.82 Å². The summed E-state index contributed by atoms with van der Waals surface area (Å²) in [5.74, 6) is 0.145. The van der Waals surface area contributed by atoms with E-state index < -0.39 is 0 Å². The third kappa shape index (κ3) is 8.00. The monoisotopic (exact) mass is 509 g/mol. The minimum Gasteiger partial charge on any atom is -0.356 e. The fraction of sp³-hybridized carbons (Fsp3) is 0.250. The van der Waals surface area contributed by atoms with E-state index in [4.69, 9.17) is 10.7 Å². The quantitative estimate of drug-likeness (QED) is 0.323. The van der Waals surface area contributed by atoms with Crippen molar-refractivity contribution < 1.29 is 4.39 Å². The third-order valence-corrected chi connectivity index (χ3v) is 5.15. The first-order chi connectivity index (χ1) is 16.9. The molecular formula is C28H33ClFN5O. The lowest BCUT2D eigenvalue weighted by Crippen LogP contribution is -2.25. The number of hydrogen-bond acceptors (Lipinski definition) is 5. The van der Waals surface area contributed by atoms with Crippen LogP contribution in [0.15, 0.2) is 83.9 Å². The number of rotatable bonds is 7. The standard InChI is InChI=1S/C25H23FN4O.C3H9N.ClH/c1-30-24(31)22(19-9-11-21(26)12-10-19)23(20-13-16-27-17-14-20)29-25(30)28-15-5-8-18-6-3-2-4-7-18;1-3(2)4;/h2-4,6-7,9-14,16-17H,5,8,15H2,1H3,(H,28,29);3H,4H2,1-2H3;1H. The number of nitrogens with zero attached hydrogens (tertiary/aromatic N) is 3. The van der Waals surface area contributed by atoms with Crippen LogP contribution >= 0.6 is 12.4 Å². The summed E-state index contributed by atoms with van der Waals surface area (Å²) >= 11 is 0. The summed E-state index contributed by atoms with van der Waals surface area (Å²) in [5, 5.41) is 3.30. The summed E-state index contributed by atoms with van der Waals surface area (Å²) < 4.78 is 15.0. The van der Waals surface area contributed by atoms with Crippen LogP contribution in [0.4, 0.5) is 10.3 Å². The fourth-order valence-electron chi connectivity index (χ4n) is 3.49. The molecule has 4 aromatic rings. The Balaban J connectivity index is 0.000000850. The first-order valence-electron chi connectivity index (χ1n) is 11.7. The number of hydrogen-bond donors (Lipinski definition) is 2. The Labute approximate surface area is 217 Å². The van der Waals surface area contributed by atoms with Crippen LogP contribution in [0, 0.1) is 5.82 Å². The van der Waals surface area contributed by atoms with Gasteiger partial charge in [0.05, 0.1) is 11.3 Å². The third-order valence-electron chi connectivity index (χ3n) is 5.15. The molecule has 0 saturated heterocycles. The van der Waals surface area contributed by atoms with E-state index in [9.17, 15) is 9.18 Å². The molecule has 0 fully saturated rings. The summed E-state index contributed by atoms with van der Waals surface area (Å²) in [4.78, 5) is 22.1. The molecule has 6 nitrogen and oxygen atoms in total. The smallest absolute Gasteiger partial charge is 0.263 e. The zero-order valence-electron chi connectivity index (χ0n) is 20.8. The van der Waals surface area contributed by atoms with Crippen LogP contribution in [0.3, 0.4) is 0 Å². The molecule has 4 rings (SSSR count). The second-order valence-corrected chi connectivity index (χ2v) is 8.53. The number of nitrogens with two attached hydrogens (primary N) is 1. The Hall–Kier alpha value is -3.55. The van der Waals surface area contributed by atoms with Crippen molar-refractivity contribution in [2.24, 2.45) is 12.8 Å². The molecule has 0 atom stereocenters. The number of aromatic nitrogens is 3. The van der Waals surface area contributed by atoms with E-state index in [2.05, 4.69) is 22.4 Å². The molecular weight excluding hydrogens is 477 g/mol. The van der Waals surface area contributed by atoms with Crippen molar-refractivity contribution in [1.82, 2.24) is 14.5 Å². The van der Waals surface area contributed by atoms with Crippen LogP contribution in [0.5, 0.6) is 0 Å². The van der Waals surface area contributed by atoms with Crippen LogP contribution in [0.25, 0.3) is 22.4 Å². The molecule has 0 aliphatic carbocycles. The fourth-order valence-corrected chi connectivity index (χ4v) is 3.49. The van der Waals surface area contributed by atoms with Gasteiger partial charge in [-0.1, -0.05) is 56.3 Å². The van der Waals surface area contributed by atoms with Gasteiger partial charge in [0, 0.05) is 31.5 Å². The molecule has 3 N–H and O–H groups in total. The highest BCUT2D eigenvalue weighted by atomic mass is 35.5. The van der Waals surface area contributed by atoms with Gasteiger partial charge in [-0.3, -0.25) is 14.3 Å². The van der Waals surface area contributed by atoms with Gasteiger partial charge in [-0.15, -0.1) is 12.4 Å². The van der Waals surface area contributed by atoms with Gasteiger partial charge in [0.15, 0.2) is 0 Å². The molecule has 2 aromatic heterocycles. The SMILES string of the molecule is CC(C)N.Cl.Cn1c(NCCCc2ccccc2)nc(-c2ccncc2)c(-c2ccc(F)cc2)c1=O. The molecule has 190 valence electrons. The highest BCUT2D eigenvalue weighted by Gasteiger charge is 2.18. The van der Waals surface area contributed by atoms with Crippen molar-refractivity contribution in [3.8, 4) is 22.4 Å². The second kappa shape index (κ2) is 14.1. The van der Waals surface area contributed by atoms with Gasteiger partial charge in [0.25, 0.3) is 5.56 Å².